The molecule has 3 rings (SSSR count). The average Bonchev–Trinajstić information content (AvgIpc) is 3.07. The highest BCUT2D eigenvalue weighted by molar-refractivity contribution is 6.03. The predicted molar refractivity (Wildman–Crippen MR) is 94.1 cm³/mol. The van der Waals surface area contributed by atoms with Crippen LogP contribution in [0.2, 0.25) is 0 Å². The zero-order chi connectivity index (χ0) is 18.0. The minimum Gasteiger partial charge on any atom is -0.508 e. The summed E-state index contributed by atoms with van der Waals surface area (Å²) in [5.74, 6) is 1.32. The van der Waals surface area contributed by atoms with Gasteiger partial charge in [-0.3, -0.25) is 4.79 Å². The molecule has 1 N–H and O–H groups in total. The van der Waals surface area contributed by atoms with Crippen LogP contribution in [0.25, 0.3) is 0 Å². The van der Waals surface area contributed by atoms with Crippen LogP contribution in [0.1, 0.15) is 30.5 Å². The SMILES string of the molecule is COc1ccc(C2CC(c3ccc(O)cc3)=NN2C(C)=O)cc1OC. The Balaban J connectivity index is 1.94. The highest BCUT2D eigenvalue weighted by Gasteiger charge is 2.31. The molecule has 1 aliphatic heterocycles. The van der Waals surface area contributed by atoms with Crippen LogP contribution in [0.15, 0.2) is 47.6 Å². The van der Waals surface area contributed by atoms with Gasteiger partial charge in [0.25, 0.3) is 0 Å². The van der Waals surface area contributed by atoms with Crippen LogP contribution in [0.5, 0.6) is 17.2 Å². The number of amides is 1. The Hall–Kier alpha value is -3.02. The van der Waals surface area contributed by atoms with Gasteiger partial charge in [-0.1, -0.05) is 6.07 Å². The molecular weight excluding hydrogens is 320 g/mol. The summed E-state index contributed by atoms with van der Waals surface area (Å²) in [6, 6.07) is 12.2. The predicted octanol–water partition coefficient (Wildman–Crippen LogP) is 3.11. The minimum absolute atomic E-state index is 0.131. The molecule has 1 aliphatic rings. The number of phenolic OH excluding ortho intramolecular Hbond substituents is 1. The molecule has 0 bridgehead atoms. The van der Waals surface area contributed by atoms with Crippen molar-refractivity contribution in [2.24, 2.45) is 5.10 Å². The summed E-state index contributed by atoms with van der Waals surface area (Å²) in [4.78, 5) is 12.1. The molecule has 130 valence electrons. The lowest BCUT2D eigenvalue weighted by atomic mass is 9.98. The second-order valence-corrected chi connectivity index (χ2v) is 5.79. The molecule has 0 saturated heterocycles. The second-order valence-electron chi connectivity index (χ2n) is 5.79. The van der Waals surface area contributed by atoms with Crippen molar-refractivity contribution in [1.82, 2.24) is 5.01 Å². The first-order chi connectivity index (χ1) is 12.0. The van der Waals surface area contributed by atoms with E-state index in [1.165, 1.54) is 11.9 Å². The van der Waals surface area contributed by atoms with Crippen LogP contribution in [-0.4, -0.2) is 36.0 Å². The van der Waals surface area contributed by atoms with Gasteiger partial charge in [0.1, 0.15) is 5.75 Å². The number of hydrazone groups is 1. The number of carbonyl (C=O) groups excluding carboxylic acids is 1. The number of phenols is 1. The Morgan fingerprint density at radius 1 is 1.12 bits per heavy atom. The summed E-state index contributed by atoms with van der Waals surface area (Å²) >= 11 is 0. The van der Waals surface area contributed by atoms with Crippen LogP contribution in [0.4, 0.5) is 0 Å². The van der Waals surface area contributed by atoms with Crippen LogP contribution < -0.4 is 9.47 Å². The summed E-state index contributed by atoms with van der Waals surface area (Å²) < 4.78 is 10.6. The summed E-state index contributed by atoms with van der Waals surface area (Å²) in [6.07, 6.45) is 0.583. The van der Waals surface area contributed by atoms with Crippen LogP contribution in [0, 0.1) is 0 Å². The van der Waals surface area contributed by atoms with Gasteiger partial charge < -0.3 is 14.6 Å². The van der Waals surface area contributed by atoms with Gasteiger partial charge in [-0.25, -0.2) is 5.01 Å². The summed E-state index contributed by atoms with van der Waals surface area (Å²) in [5, 5.41) is 15.4. The zero-order valence-electron chi connectivity index (χ0n) is 14.4. The van der Waals surface area contributed by atoms with Gasteiger partial charge in [0.15, 0.2) is 11.5 Å². The molecule has 6 heteroatoms. The van der Waals surface area contributed by atoms with Crippen molar-refractivity contribution in [1.29, 1.82) is 0 Å². The fourth-order valence-electron chi connectivity index (χ4n) is 2.95. The first-order valence-corrected chi connectivity index (χ1v) is 7.92. The van der Waals surface area contributed by atoms with Crippen molar-refractivity contribution in [2.45, 2.75) is 19.4 Å². The van der Waals surface area contributed by atoms with E-state index >= 15 is 0 Å². The maximum Gasteiger partial charge on any atom is 0.240 e. The molecule has 2 aromatic rings. The van der Waals surface area contributed by atoms with Crippen molar-refractivity contribution in [3.63, 3.8) is 0 Å². The molecule has 25 heavy (non-hydrogen) atoms. The smallest absolute Gasteiger partial charge is 0.240 e. The van der Waals surface area contributed by atoms with E-state index < -0.39 is 0 Å². The molecule has 0 fully saturated rings. The number of aromatic hydroxyl groups is 1. The van der Waals surface area contributed by atoms with Crippen molar-refractivity contribution < 1.29 is 19.4 Å². The Kier molecular flexibility index (Phi) is 4.61. The molecule has 0 radical (unpaired) electrons. The molecule has 0 aromatic heterocycles. The third-order valence-electron chi connectivity index (χ3n) is 4.23. The zero-order valence-corrected chi connectivity index (χ0v) is 14.4. The van der Waals surface area contributed by atoms with E-state index in [-0.39, 0.29) is 17.7 Å². The lowest BCUT2D eigenvalue weighted by molar-refractivity contribution is -0.130. The molecule has 6 nitrogen and oxygen atoms in total. The van der Waals surface area contributed by atoms with E-state index in [0.717, 1.165) is 16.8 Å². The number of hydrogen-bond donors (Lipinski definition) is 1. The lowest BCUT2D eigenvalue weighted by Gasteiger charge is -2.21. The van der Waals surface area contributed by atoms with Crippen molar-refractivity contribution in [2.75, 3.05) is 14.2 Å². The van der Waals surface area contributed by atoms with Gasteiger partial charge in [-0.15, -0.1) is 0 Å². The minimum atomic E-state index is -0.207. The Morgan fingerprint density at radius 2 is 1.80 bits per heavy atom. The first kappa shape index (κ1) is 16.8. The number of ether oxygens (including phenoxy) is 2. The molecule has 0 saturated carbocycles. The normalized spacial score (nSPS) is 16.5. The molecule has 0 aliphatic carbocycles. The Morgan fingerprint density at radius 3 is 2.40 bits per heavy atom. The maximum atomic E-state index is 12.1. The van der Waals surface area contributed by atoms with Gasteiger partial charge in [-0.05, 0) is 47.5 Å². The molecule has 1 atom stereocenters. The third kappa shape index (κ3) is 3.28. The molecule has 0 spiro atoms. The summed E-state index contributed by atoms with van der Waals surface area (Å²) in [5.41, 5.74) is 2.60. The lowest BCUT2D eigenvalue weighted by Crippen LogP contribution is -2.24. The van der Waals surface area contributed by atoms with E-state index in [1.54, 1.807) is 38.5 Å². The highest BCUT2D eigenvalue weighted by atomic mass is 16.5. The van der Waals surface area contributed by atoms with E-state index in [2.05, 4.69) is 5.10 Å². The number of carbonyl (C=O) groups is 1. The molecule has 1 unspecified atom stereocenters. The van der Waals surface area contributed by atoms with Gasteiger partial charge in [-0.2, -0.15) is 5.10 Å². The average molecular weight is 340 g/mol. The monoisotopic (exact) mass is 340 g/mol. The number of rotatable bonds is 4. The number of methoxy groups -OCH3 is 2. The van der Waals surface area contributed by atoms with E-state index in [0.29, 0.717) is 17.9 Å². The van der Waals surface area contributed by atoms with E-state index in [1.807, 2.05) is 18.2 Å². The van der Waals surface area contributed by atoms with Gasteiger partial charge in [0, 0.05) is 13.3 Å². The first-order valence-electron chi connectivity index (χ1n) is 7.92. The Bertz CT molecular complexity index is 815. The van der Waals surface area contributed by atoms with Crippen molar-refractivity contribution in [3.8, 4) is 17.2 Å². The number of benzene rings is 2. The molecule has 1 amide bonds. The van der Waals surface area contributed by atoms with Crippen LogP contribution in [0.3, 0.4) is 0 Å². The number of nitrogens with zero attached hydrogens (tertiary/aromatic N) is 2. The van der Waals surface area contributed by atoms with Crippen LogP contribution in [-0.2, 0) is 4.79 Å². The maximum absolute atomic E-state index is 12.1. The van der Waals surface area contributed by atoms with E-state index in [9.17, 15) is 9.90 Å². The molecular formula is C19H20N2O4. The molecule has 1 heterocycles. The standard InChI is InChI=1S/C19H20N2O4/c1-12(22)21-17(14-6-9-18(24-2)19(10-14)25-3)11-16(20-21)13-4-7-15(23)8-5-13/h4-10,17,23H,11H2,1-3H3. The number of hydrogen-bond acceptors (Lipinski definition) is 5. The van der Waals surface area contributed by atoms with Gasteiger partial charge in [0.2, 0.25) is 5.91 Å². The fourth-order valence-corrected chi connectivity index (χ4v) is 2.95. The third-order valence-corrected chi connectivity index (χ3v) is 4.23. The summed E-state index contributed by atoms with van der Waals surface area (Å²) in [7, 11) is 3.17. The Labute approximate surface area is 146 Å². The quantitative estimate of drug-likeness (QED) is 0.928. The van der Waals surface area contributed by atoms with Gasteiger partial charge in [0.05, 0.1) is 26.0 Å². The summed E-state index contributed by atoms with van der Waals surface area (Å²) in [6.45, 7) is 1.50. The van der Waals surface area contributed by atoms with Crippen molar-refractivity contribution >= 4 is 11.6 Å². The topological polar surface area (TPSA) is 71.4 Å². The second kappa shape index (κ2) is 6.84. The fraction of sp³-hybridized carbons (Fsp3) is 0.263. The van der Waals surface area contributed by atoms with Crippen LogP contribution >= 0.6 is 0 Å². The van der Waals surface area contributed by atoms with Gasteiger partial charge >= 0.3 is 0 Å². The van der Waals surface area contributed by atoms with Crippen molar-refractivity contribution in [3.05, 3.63) is 53.6 Å². The largest absolute Gasteiger partial charge is 0.508 e. The molecule has 2 aromatic carbocycles. The highest BCUT2D eigenvalue weighted by Crippen LogP contribution is 2.37. The van der Waals surface area contributed by atoms with E-state index in [4.69, 9.17) is 9.47 Å².